The van der Waals surface area contributed by atoms with E-state index in [1.807, 2.05) is 0 Å². The van der Waals surface area contributed by atoms with E-state index in [1.54, 1.807) is 0 Å². The molecule has 0 amide bonds. The molecule has 0 unspecified atom stereocenters. The summed E-state index contributed by atoms with van der Waals surface area (Å²) in [6.45, 7) is 17.8. The van der Waals surface area contributed by atoms with E-state index in [2.05, 4.69) is 32.3 Å². The van der Waals surface area contributed by atoms with Crippen molar-refractivity contribution in [3.8, 4) is 0 Å². The number of nitrogens with one attached hydrogen (secondary N) is 2. The fourth-order valence-corrected chi connectivity index (χ4v) is 2.86. The second-order valence-corrected chi connectivity index (χ2v) is 5.62. The topological polar surface area (TPSA) is 33.8 Å². The number of likely N-dealkylation sites (N-methyl/N-ethyl adjacent to an activating group) is 1. The van der Waals surface area contributed by atoms with Gasteiger partial charge in [-0.15, -0.1) is 0 Å². The van der Waals surface area contributed by atoms with Crippen LogP contribution in [0.1, 0.15) is 6.92 Å². The third-order valence-corrected chi connectivity index (χ3v) is 4.33. The van der Waals surface area contributed by atoms with Crippen LogP contribution in [0.3, 0.4) is 0 Å². The summed E-state index contributed by atoms with van der Waals surface area (Å²) in [5, 5.41) is 6.98. The summed E-state index contributed by atoms with van der Waals surface area (Å²) < 4.78 is 0. The molecule has 112 valence electrons. The van der Waals surface area contributed by atoms with Crippen LogP contribution in [0, 0.1) is 0 Å². The van der Waals surface area contributed by atoms with Crippen LogP contribution in [-0.4, -0.2) is 99.8 Å². The summed E-state index contributed by atoms with van der Waals surface area (Å²) in [5.74, 6) is 0. The molecule has 0 radical (unpaired) electrons. The minimum Gasteiger partial charge on any atom is -0.314 e. The third-order valence-electron chi connectivity index (χ3n) is 4.33. The first-order valence-electron chi connectivity index (χ1n) is 7.97. The van der Waals surface area contributed by atoms with E-state index in [-0.39, 0.29) is 0 Å². The normalized spacial score (nSPS) is 23.8. The molecule has 0 bridgehead atoms. The van der Waals surface area contributed by atoms with Crippen LogP contribution in [0.5, 0.6) is 0 Å². The fourth-order valence-electron chi connectivity index (χ4n) is 2.86. The highest BCUT2D eigenvalue weighted by Crippen LogP contribution is 1.99. The van der Waals surface area contributed by atoms with E-state index in [4.69, 9.17) is 0 Å². The molecule has 2 fully saturated rings. The molecule has 0 aliphatic carbocycles. The van der Waals surface area contributed by atoms with Crippen molar-refractivity contribution in [1.29, 1.82) is 0 Å². The third kappa shape index (κ3) is 5.75. The molecule has 5 nitrogen and oxygen atoms in total. The lowest BCUT2D eigenvalue weighted by Crippen LogP contribution is -2.48. The summed E-state index contributed by atoms with van der Waals surface area (Å²) in [5.41, 5.74) is 0. The van der Waals surface area contributed by atoms with Gasteiger partial charge in [-0.05, 0) is 6.54 Å². The van der Waals surface area contributed by atoms with Gasteiger partial charge < -0.3 is 15.5 Å². The Morgan fingerprint density at radius 2 is 1.32 bits per heavy atom. The molecule has 19 heavy (non-hydrogen) atoms. The number of hydrogen-bond acceptors (Lipinski definition) is 5. The SMILES string of the molecule is CCN1CCN(CCNCCN2CCNCC2)CC1. The first kappa shape index (κ1) is 15.2. The maximum absolute atomic E-state index is 3.59. The molecule has 5 heteroatoms. The standard InChI is InChI=1S/C14H31N5/c1-2-17-11-13-19(14-12-17)10-6-16-5-9-18-7-3-15-4-8-18/h15-16H,2-14H2,1H3. The Balaban J connectivity index is 1.43. The second kappa shape index (κ2) is 8.87. The maximum atomic E-state index is 3.59. The number of nitrogens with zero attached hydrogens (tertiary/aromatic N) is 3. The molecule has 2 N–H and O–H groups in total. The molecule has 0 aromatic heterocycles. The lowest BCUT2D eigenvalue weighted by molar-refractivity contribution is 0.137. The fraction of sp³-hybridized carbons (Fsp3) is 1.00. The predicted octanol–water partition coefficient (Wildman–Crippen LogP) is -0.881. The van der Waals surface area contributed by atoms with Gasteiger partial charge in [0.25, 0.3) is 0 Å². The van der Waals surface area contributed by atoms with Gasteiger partial charge in [-0.25, -0.2) is 0 Å². The van der Waals surface area contributed by atoms with Crippen molar-refractivity contribution >= 4 is 0 Å². The van der Waals surface area contributed by atoms with Gasteiger partial charge in [0.2, 0.25) is 0 Å². The van der Waals surface area contributed by atoms with Crippen molar-refractivity contribution in [2.75, 3.05) is 85.1 Å². The predicted molar refractivity (Wildman–Crippen MR) is 80.7 cm³/mol. The second-order valence-electron chi connectivity index (χ2n) is 5.62. The Morgan fingerprint density at radius 1 is 0.789 bits per heavy atom. The average Bonchev–Trinajstić information content (AvgIpc) is 2.49. The van der Waals surface area contributed by atoms with E-state index < -0.39 is 0 Å². The Kier molecular flexibility index (Phi) is 7.09. The van der Waals surface area contributed by atoms with Gasteiger partial charge in [-0.1, -0.05) is 6.92 Å². The van der Waals surface area contributed by atoms with Gasteiger partial charge in [-0.2, -0.15) is 0 Å². The quantitative estimate of drug-likeness (QED) is 0.587. The molecule has 2 heterocycles. The molecule has 2 aliphatic rings. The van der Waals surface area contributed by atoms with Gasteiger partial charge in [0, 0.05) is 78.5 Å². The van der Waals surface area contributed by atoms with E-state index >= 15 is 0 Å². The van der Waals surface area contributed by atoms with E-state index in [1.165, 1.54) is 58.9 Å². The van der Waals surface area contributed by atoms with Gasteiger partial charge in [0.05, 0.1) is 0 Å². The lowest BCUT2D eigenvalue weighted by Gasteiger charge is -2.34. The van der Waals surface area contributed by atoms with Crippen molar-refractivity contribution in [3.63, 3.8) is 0 Å². The van der Waals surface area contributed by atoms with Gasteiger partial charge in [0.1, 0.15) is 0 Å². The number of rotatable bonds is 7. The molecular formula is C14H31N5. The Bertz CT molecular complexity index is 222. The number of piperazine rings is 2. The van der Waals surface area contributed by atoms with Crippen LogP contribution in [-0.2, 0) is 0 Å². The summed E-state index contributed by atoms with van der Waals surface area (Å²) >= 11 is 0. The molecule has 0 aromatic rings. The molecule has 2 aliphatic heterocycles. The summed E-state index contributed by atoms with van der Waals surface area (Å²) in [7, 11) is 0. The highest BCUT2D eigenvalue weighted by molar-refractivity contribution is 4.72. The van der Waals surface area contributed by atoms with Crippen LogP contribution in [0.25, 0.3) is 0 Å². The highest BCUT2D eigenvalue weighted by atomic mass is 15.3. The van der Waals surface area contributed by atoms with Crippen molar-refractivity contribution < 1.29 is 0 Å². The van der Waals surface area contributed by atoms with E-state index in [9.17, 15) is 0 Å². The molecule has 0 atom stereocenters. The first-order valence-corrected chi connectivity index (χ1v) is 7.97. The van der Waals surface area contributed by atoms with Crippen molar-refractivity contribution in [2.45, 2.75) is 6.92 Å². The maximum Gasteiger partial charge on any atom is 0.0110 e. The minimum absolute atomic E-state index is 1.13. The average molecular weight is 269 g/mol. The summed E-state index contributed by atoms with van der Waals surface area (Å²) in [4.78, 5) is 7.67. The Labute approximate surface area is 118 Å². The van der Waals surface area contributed by atoms with Crippen LogP contribution < -0.4 is 10.6 Å². The first-order chi connectivity index (χ1) is 9.38. The lowest BCUT2D eigenvalue weighted by atomic mass is 10.3. The minimum atomic E-state index is 1.13. The van der Waals surface area contributed by atoms with E-state index in [0.29, 0.717) is 0 Å². The van der Waals surface area contributed by atoms with Gasteiger partial charge in [-0.3, -0.25) is 9.80 Å². The zero-order chi connectivity index (χ0) is 13.3. The Hall–Kier alpha value is -0.200. The zero-order valence-corrected chi connectivity index (χ0v) is 12.5. The van der Waals surface area contributed by atoms with Gasteiger partial charge in [0.15, 0.2) is 0 Å². The van der Waals surface area contributed by atoms with Crippen LogP contribution in [0.4, 0.5) is 0 Å². The van der Waals surface area contributed by atoms with Gasteiger partial charge >= 0.3 is 0 Å². The smallest absolute Gasteiger partial charge is 0.0110 e. The molecule has 0 saturated carbocycles. The van der Waals surface area contributed by atoms with Crippen molar-refractivity contribution in [2.24, 2.45) is 0 Å². The molecule has 0 aromatic carbocycles. The molecular weight excluding hydrogens is 238 g/mol. The number of hydrogen-bond donors (Lipinski definition) is 2. The van der Waals surface area contributed by atoms with Crippen molar-refractivity contribution in [3.05, 3.63) is 0 Å². The zero-order valence-electron chi connectivity index (χ0n) is 12.5. The molecule has 0 spiro atoms. The van der Waals surface area contributed by atoms with Crippen molar-refractivity contribution in [1.82, 2.24) is 25.3 Å². The molecule has 2 rings (SSSR count). The summed E-state index contributed by atoms with van der Waals surface area (Å²) in [6, 6.07) is 0. The van der Waals surface area contributed by atoms with Crippen LogP contribution >= 0.6 is 0 Å². The Morgan fingerprint density at radius 3 is 1.89 bits per heavy atom. The summed E-state index contributed by atoms with van der Waals surface area (Å²) in [6.07, 6.45) is 0. The van der Waals surface area contributed by atoms with E-state index in [0.717, 1.165) is 26.2 Å². The molecule has 2 saturated heterocycles. The largest absolute Gasteiger partial charge is 0.314 e. The van der Waals surface area contributed by atoms with Crippen LogP contribution in [0.15, 0.2) is 0 Å². The highest BCUT2D eigenvalue weighted by Gasteiger charge is 2.14. The van der Waals surface area contributed by atoms with Crippen LogP contribution in [0.2, 0.25) is 0 Å². The monoisotopic (exact) mass is 269 g/mol.